The van der Waals surface area contributed by atoms with E-state index in [2.05, 4.69) is 40.8 Å². The number of anilines is 3. The van der Waals surface area contributed by atoms with Crippen LogP contribution in [-0.2, 0) is 17.1 Å². The van der Waals surface area contributed by atoms with E-state index in [1.54, 1.807) is 0 Å². The Morgan fingerprint density at radius 3 is 2.34 bits per heavy atom. The fourth-order valence-electron chi connectivity index (χ4n) is 3.45. The standard InChI is InChI=1S/C23H20F6N8O/c1-3-13(11-38-2)33-18-8-14(23(27,28)29)19(37-36-18)16-10-32-20-15(6-7-30-21(20)35-16)34-17-5-4-12(9-31-17)22(24,25)26/h4-10,13H,3,11H2,1-2H3,(H,33,36)(H,30,31,34,35). The van der Waals surface area contributed by atoms with E-state index in [-0.39, 0.29) is 46.8 Å². The fraction of sp³-hybridized carbons (Fsp3) is 0.304. The van der Waals surface area contributed by atoms with Crippen molar-refractivity contribution in [3.8, 4) is 11.4 Å². The maximum absolute atomic E-state index is 13.9. The summed E-state index contributed by atoms with van der Waals surface area (Å²) in [5, 5.41) is 13.3. The maximum atomic E-state index is 13.9. The molecule has 4 rings (SSSR count). The van der Waals surface area contributed by atoms with Gasteiger partial charge in [0.05, 0.1) is 35.7 Å². The van der Waals surface area contributed by atoms with E-state index in [0.717, 1.165) is 24.4 Å². The molecular weight excluding hydrogens is 518 g/mol. The number of pyridine rings is 2. The van der Waals surface area contributed by atoms with Crippen LogP contribution in [0.2, 0.25) is 0 Å². The predicted octanol–water partition coefficient (Wildman–Crippen LogP) is 5.49. The molecule has 0 radical (unpaired) electrons. The first kappa shape index (κ1) is 26.9. The van der Waals surface area contributed by atoms with Crippen LogP contribution in [0.15, 0.2) is 42.9 Å². The van der Waals surface area contributed by atoms with Crippen molar-refractivity contribution >= 4 is 28.5 Å². The van der Waals surface area contributed by atoms with Crippen molar-refractivity contribution in [1.82, 2.24) is 30.1 Å². The Labute approximate surface area is 211 Å². The van der Waals surface area contributed by atoms with Crippen LogP contribution in [0, 0.1) is 0 Å². The minimum Gasteiger partial charge on any atom is -0.383 e. The van der Waals surface area contributed by atoms with Gasteiger partial charge < -0.3 is 15.4 Å². The fourth-order valence-corrected chi connectivity index (χ4v) is 3.45. The molecule has 38 heavy (non-hydrogen) atoms. The Morgan fingerprint density at radius 1 is 0.921 bits per heavy atom. The summed E-state index contributed by atoms with van der Waals surface area (Å²) in [4.78, 5) is 16.2. The lowest BCUT2D eigenvalue weighted by atomic mass is 10.1. The van der Waals surface area contributed by atoms with Gasteiger partial charge in [-0.25, -0.2) is 19.9 Å². The molecule has 0 spiro atoms. The van der Waals surface area contributed by atoms with Crippen molar-refractivity contribution in [1.29, 1.82) is 0 Å². The van der Waals surface area contributed by atoms with Crippen molar-refractivity contribution in [2.75, 3.05) is 24.4 Å². The average molecular weight is 538 g/mol. The Hall–Kier alpha value is -4.14. The van der Waals surface area contributed by atoms with Crippen LogP contribution in [0.1, 0.15) is 24.5 Å². The van der Waals surface area contributed by atoms with E-state index < -0.39 is 29.2 Å². The molecule has 0 aliphatic heterocycles. The second-order valence-electron chi connectivity index (χ2n) is 8.04. The van der Waals surface area contributed by atoms with Crippen molar-refractivity contribution in [2.45, 2.75) is 31.7 Å². The lowest BCUT2D eigenvalue weighted by molar-refractivity contribution is -0.138. The first-order valence-corrected chi connectivity index (χ1v) is 11.1. The highest BCUT2D eigenvalue weighted by molar-refractivity contribution is 5.87. The van der Waals surface area contributed by atoms with E-state index in [1.807, 2.05) is 6.92 Å². The number of methoxy groups -OCH3 is 1. The normalized spacial score (nSPS) is 12.9. The van der Waals surface area contributed by atoms with Crippen LogP contribution in [0.5, 0.6) is 0 Å². The molecule has 0 amide bonds. The van der Waals surface area contributed by atoms with Gasteiger partial charge in [0.1, 0.15) is 28.5 Å². The molecule has 200 valence electrons. The number of ether oxygens (including phenoxy) is 1. The third-order valence-electron chi connectivity index (χ3n) is 5.36. The van der Waals surface area contributed by atoms with Crippen LogP contribution in [0.3, 0.4) is 0 Å². The summed E-state index contributed by atoms with van der Waals surface area (Å²) in [6.07, 6.45) is -5.65. The van der Waals surface area contributed by atoms with Crippen molar-refractivity contribution in [2.24, 2.45) is 0 Å². The van der Waals surface area contributed by atoms with Crippen LogP contribution >= 0.6 is 0 Å². The SMILES string of the molecule is CCC(COC)Nc1cc(C(F)(F)F)c(-c2cnc3c(Nc4ccc(C(F)(F)F)cn4)ccnc3n2)nn1. The predicted molar refractivity (Wildman–Crippen MR) is 125 cm³/mol. The summed E-state index contributed by atoms with van der Waals surface area (Å²) in [5.74, 6) is 0.0101. The van der Waals surface area contributed by atoms with Crippen molar-refractivity contribution in [3.63, 3.8) is 0 Å². The molecule has 1 atom stereocenters. The van der Waals surface area contributed by atoms with Gasteiger partial charge in [-0.15, -0.1) is 10.2 Å². The van der Waals surface area contributed by atoms with Gasteiger partial charge in [-0.05, 0) is 30.7 Å². The maximum Gasteiger partial charge on any atom is 0.418 e. The summed E-state index contributed by atoms with van der Waals surface area (Å²) >= 11 is 0. The molecule has 4 heterocycles. The van der Waals surface area contributed by atoms with E-state index >= 15 is 0 Å². The minimum atomic E-state index is -4.77. The molecule has 0 fully saturated rings. The van der Waals surface area contributed by atoms with Gasteiger partial charge in [-0.1, -0.05) is 6.92 Å². The summed E-state index contributed by atoms with van der Waals surface area (Å²) in [6, 6.07) is 4.04. The molecule has 0 aliphatic carbocycles. The number of nitrogens with one attached hydrogen (secondary N) is 2. The van der Waals surface area contributed by atoms with Gasteiger partial charge in [0.2, 0.25) is 0 Å². The first-order chi connectivity index (χ1) is 18.0. The van der Waals surface area contributed by atoms with Crippen LogP contribution in [0.25, 0.3) is 22.6 Å². The zero-order chi connectivity index (χ0) is 27.5. The molecule has 0 saturated carbocycles. The van der Waals surface area contributed by atoms with Gasteiger partial charge in [0.25, 0.3) is 0 Å². The van der Waals surface area contributed by atoms with Crippen molar-refractivity contribution < 1.29 is 31.1 Å². The molecule has 15 heteroatoms. The van der Waals surface area contributed by atoms with Gasteiger partial charge in [0.15, 0.2) is 5.65 Å². The molecule has 9 nitrogen and oxygen atoms in total. The van der Waals surface area contributed by atoms with Crippen LogP contribution in [0.4, 0.5) is 43.7 Å². The highest BCUT2D eigenvalue weighted by Gasteiger charge is 2.36. The van der Waals surface area contributed by atoms with Crippen LogP contribution < -0.4 is 10.6 Å². The smallest absolute Gasteiger partial charge is 0.383 e. The zero-order valence-corrected chi connectivity index (χ0v) is 19.9. The molecule has 0 aliphatic rings. The Bertz CT molecular complexity index is 1410. The molecule has 4 aromatic rings. The summed E-state index contributed by atoms with van der Waals surface area (Å²) in [7, 11) is 1.48. The highest BCUT2D eigenvalue weighted by atomic mass is 19.4. The third-order valence-corrected chi connectivity index (χ3v) is 5.36. The number of alkyl halides is 6. The zero-order valence-electron chi connectivity index (χ0n) is 19.9. The Morgan fingerprint density at radius 2 is 1.71 bits per heavy atom. The second-order valence-corrected chi connectivity index (χ2v) is 8.04. The highest BCUT2D eigenvalue weighted by Crippen LogP contribution is 2.37. The summed E-state index contributed by atoms with van der Waals surface area (Å²) < 4.78 is 85.2. The number of aromatic nitrogens is 6. The van der Waals surface area contributed by atoms with Crippen molar-refractivity contribution in [3.05, 3.63) is 54.0 Å². The first-order valence-electron chi connectivity index (χ1n) is 11.1. The largest absolute Gasteiger partial charge is 0.418 e. The van der Waals surface area contributed by atoms with E-state index in [4.69, 9.17) is 4.74 Å². The minimum absolute atomic E-state index is 0.0253. The lowest BCUT2D eigenvalue weighted by Crippen LogP contribution is -2.25. The number of halogens is 6. The topological polar surface area (TPSA) is 111 Å². The molecule has 0 aromatic carbocycles. The summed E-state index contributed by atoms with van der Waals surface area (Å²) in [5.41, 5.74) is -2.33. The molecule has 2 N–H and O–H groups in total. The number of rotatable bonds is 8. The van der Waals surface area contributed by atoms with Gasteiger partial charge >= 0.3 is 12.4 Å². The number of hydrogen-bond donors (Lipinski definition) is 2. The molecule has 1 unspecified atom stereocenters. The van der Waals surface area contributed by atoms with Gasteiger partial charge in [-0.3, -0.25) is 0 Å². The lowest BCUT2D eigenvalue weighted by Gasteiger charge is -2.18. The van der Waals surface area contributed by atoms with E-state index in [1.165, 1.54) is 19.4 Å². The quantitative estimate of drug-likeness (QED) is 0.281. The third kappa shape index (κ3) is 6.04. The Balaban J connectivity index is 1.67. The second kappa shape index (κ2) is 10.7. The molecule has 4 aromatic heterocycles. The number of fused-ring (bicyclic) bond motifs is 1. The average Bonchev–Trinajstić information content (AvgIpc) is 2.87. The molecule has 0 bridgehead atoms. The van der Waals surface area contributed by atoms with Gasteiger partial charge in [0, 0.05) is 19.5 Å². The number of hydrogen-bond acceptors (Lipinski definition) is 9. The van der Waals surface area contributed by atoms with E-state index in [0.29, 0.717) is 12.6 Å². The van der Waals surface area contributed by atoms with Crippen LogP contribution in [-0.4, -0.2) is 49.9 Å². The monoisotopic (exact) mass is 538 g/mol. The molecular formula is C23H20F6N8O. The Kier molecular flexibility index (Phi) is 7.57. The number of nitrogens with zero attached hydrogens (tertiary/aromatic N) is 6. The molecule has 0 saturated heterocycles. The summed E-state index contributed by atoms with van der Waals surface area (Å²) in [6.45, 7) is 2.11. The van der Waals surface area contributed by atoms with E-state index in [9.17, 15) is 26.3 Å². The van der Waals surface area contributed by atoms with Gasteiger partial charge in [-0.2, -0.15) is 26.3 Å².